The molecule has 3 heteroatoms. The molecule has 0 amide bonds. The van der Waals surface area contributed by atoms with E-state index in [9.17, 15) is 0 Å². The van der Waals surface area contributed by atoms with Crippen molar-refractivity contribution in [3.8, 4) is 0 Å². The summed E-state index contributed by atoms with van der Waals surface area (Å²) < 4.78 is 6.42. The molecular formula is C11H24OSi2. The summed E-state index contributed by atoms with van der Waals surface area (Å²) in [6, 6.07) is 0. The molecule has 0 heterocycles. The van der Waals surface area contributed by atoms with Gasteiger partial charge in [0.2, 0.25) is 0 Å². The number of hydrogen-bond acceptors (Lipinski definition) is 1. The maximum Gasteiger partial charge on any atom is 0.179 e. The lowest BCUT2D eigenvalue weighted by atomic mass is 10.0. The maximum atomic E-state index is 6.42. The lowest BCUT2D eigenvalue weighted by Crippen LogP contribution is -2.46. The third kappa shape index (κ3) is 1.63. The Kier molecular flexibility index (Phi) is 2.69. The van der Waals surface area contributed by atoms with E-state index in [0.29, 0.717) is 5.04 Å². The minimum atomic E-state index is -1.38. The van der Waals surface area contributed by atoms with Gasteiger partial charge in [0.25, 0.3) is 0 Å². The normalized spacial score (nSPS) is 37.1. The summed E-state index contributed by atoms with van der Waals surface area (Å²) >= 11 is 0. The minimum absolute atomic E-state index is 0.689. The van der Waals surface area contributed by atoms with Crippen molar-refractivity contribution in [1.82, 2.24) is 0 Å². The molecule has 2 aliphatic carbocycles. The van der Waals surface area contributed by atoms with Gasteiger partial charge in [0.1, 0.15) is 0 Å². The van der Waals surface area contributed by atoms with E-state index < -0.39 is 17.4 Å². The number of rotatable bonds is 3. The van der Waals surface area contributed by atoms with Gasteiger partial charge in [-0.1, -0.05) is 12.8 Å². The maximum absolute atomic E-state index is 6.42. The van der Waals surface area contributed by atoms with Crippen LogP contribution in [-0.4, -0.2) is 17.4 Å². The average molecular weight is 228 g/mol. The molecule has 0 aromatic heterocycles. The summed E-state index contributed by atoms with van der Waals surface area (Å²) in [5, 5.41) is 0.689. The predicted molar refractivity (Wildman–Crippen MR) is 66.7 cm³/mol. The molecular weight excluding hydrogens is 204 g/mol. The zero-order valence-corrected chi connectivity index (χ0v) is 12.3. The van der Waals surface area contributed by atoms with Crippen LogP contribution in [0.15, 0.2) is 0 Å². The molecule has 2 aliphatic rings. The molecule has 2 saturated carbocycles. The summed E-state index contributed by atoms with van der Waals surface area (Å²) in [4.78, 5) is 0. The van der Waals surface area contributed by atoms with Gasteiger partial charge in [-0.3, -0.25) is 0 Å². The van der Waals surface area contributed by atoms with E-state index in [-0.39, 0.29) is 0 Å². The Bertz CT molecular complexity index is 217. The second kappa shape index (κ2) is 3.46. The second-order valence-corrected chi connectivity index (χ2v) is 13.2. The predicted octanol–water partition coefficient (Wildman–Crippen LogP) is 3.53. The van der Waals surface area contributed by atoms with E-state index in [1.807, 2.05) is 0 Å². The Balaban J connectivity index is 2.12. The summed E-state index contributed by atoms with van der Waals surface area (Å²) in [6.45, 7) is 9.61. The summed E-state index contributed by atoms with van der Waals surface area (Å²) in [7, 11) is -2.21. The molecule has 2 rings (SSSR count). The van der Waals surface area contributed by atoms with E-state index in [1.54, 1.807) is 0 Å². The highest BCUT2D eigenvalue weighted by Gasteiger charge is 2.55. The van der Waals surface area contributed by atoms with E-state index in [1.165, 1.54) is 32.1 Å². The highest BCUT2D eigenvalue weighted by Crippen LogP contribution is 2.64. The van der Waals surface area contributed by atoms with Crippen LogP contribution in [0.1, 0.15) is 32.1 Å². The van der Waals surface area contributed by atoms with Gasteiger partial charge in [0.15, 0.2) is 17.4 Å². The molecule has 0 unspecified atom stereocenters. The van der Waals surface area contributed by atoms with Gasteiger partial charge in [-0.2, -0.15) is 0 Å². The zero-order valence-electron chi connectivity index (χ0n) is 10.1. The fourth-order valence-electron chi connectivity index (χ4n) is 3.75. The van der Waals surface area contributed by atoms with Gasteiger partial charge in [-0.25, -0.2) is 0 Å². The molecule has 0 aliphatic heterocycles. The fourth-order valence-corrected chi connectivity index (χ4v) is 11.7. The standard InChI is InChI=1S/C11H24OSi2/c1-13(2)12-14(3,4)11-7-5-10(9-11)6-8-11/h10,13H,5-9H2,1-4H3. The number of hydrogen-bond donors (Lipinski definition) is 0. The van der Waals surface area contributed by atoms with E-state index in [4.69, 9.17) is 4.12 Å². The molecule has 0 saturated heterocycles. The molecule has 0 aromatic rings. The lowest BCUT2D eigenvalue weighted by Gasteiger charge is -2.42. The summed E-state index contributed by atoms with van der Waals surface area (Å²) in [5.41, 5.74) is 0. The van der Waals surface area contributed by atoms with Crippen molar-refractivity contribution in [1.29, 1.82) is 0 Å². The monoisotopic (exact) mass is 228 g/mol. The smallest absolute Gasteiger partial charge is 0.179 e. The SMILES string of the molecule is C[SiH](C)O[Si](C)(C)C12CCC(CC1)C2. The van der Waals surface area contributed by atoms with E-state index in [0.717, 1.165) is 5.92 Å². The van der Waals surface area contributed by atoms with Gasteiger partial charge in [-0.15, -0.1) is 0 Å². The molecule has 2 bridgehead atoms. The first-order chi connectivity index (χ1) is 6.45. The van der Waals surface area contributed by atoms with Crippen LogP contribution in [0.4, 0.5) is 0 Å². The summed E-state index contributed by atoms with van der Waals surface area (Å²) in [5.74, 6) is 1.07. The average Bonchev–Trinajstić information content (AvgIpc) is 2.60. The third-order valence-electron chi connectivity index (χ3n) is 4.55. The Morgan fingerprint density at radius 2 is 1.79 bits per heavy atom. The Morgan fingerprint density at radius 3 is 2.14 bits per heavy atom. The van der Waals surface area contributed by atoms with Crippen LogP contribution in [0.25, 0.3) is 0 Å². The largest absolute Gasteiger partial charge is 0.458 e. The molecule has 0 spiro atoms. The second-order valence-electron chi connectivity index (χ2n) is 6.10. The van der Waals surface area contributed by atoms with Crippen LogP contribution in [0.3, 0.4) is 0 Å². The van der Waals surface area contributed by atoms with Gasteiger partial charge in [0.05, 0.1) is 0 Å². The molecule has 2 fully saturated rings. The number of fused-ring (bicyclic) bond motifs is 2. The van der Waals surface area contributed by atoms with Crippen molar-refractivity contribution in [2.75, 3.05) is 0 Å². The van der Waals surface area contributed by atoms with Crippen LogP contribution in [0.5, 0.6) is 0 Å². The zero-order chi connectivity index (χ0) is 10.4. The quantitative estimate of drug-likeness (QED) is 0.672. The van der Waals surface area contributed by atoms with Crippen molar-refractivity contribution >= 4 is 17.4 Å². The first-order valence-electron chi connectivity index (χ1n) is 6.13. The topological polar surface area (TPSA) is 9.23 Å². The lowest BCUT2D eigenvalue weighted by molar-refractivity contribution is 0.429. The van der Waals surface area contributed by atoms with Crippen molar-refractivity contribution in [2.45, 2.75) is 63.3 Å². The fraction of sp³-hybridized carbons (Fsp3) is 1.00. The van der Waals surface area contributed by atoms with E-state index in [2.05, 4.69) is 26.2 Å². The van der Waals surface area contributed by atoms with Crippen LogP contribution < -0.4 is 0 Å². The van der Waals surface area contributed by atoms with Crippen LogP contribution in [-0.2, 0) is 4.12 Å². The van der Waals surface area contributed by atoms with Crippen molar-refractivity contribution in [2.24, 2.45) is 5.92 Å². The first-order valence-corrected chi connectivity index (χ1v) is 11.8. The Labute approximate surface area is 91.1 Å². The highest BCUT2D eigenvalue weighted by molar-refractivity contribution is 6.80. The van der Waals surface area contributed by atoms with Crippen LogP contribution >= 0.6 is 0 Å². The summed E-state index contributed by atoms with van der Waals surface area (Å²) in [6.07, 6.45) is 7.47. The molecule has 14 heavy (non-hydrogen) atoms. The molecule has 1 nitrogen and oxygen atoms in total. The molecule has 0 atom stereocenters. The Morgan fingerprint density at radius 1 is 1.21 bits per heavy atom. The van der Waals surface area contributed by atoms with Crippen molar-refractivity contribution in [3.63, 3.8) is 0 Å². The molecule has 0 aromatic carbocycles. The van der Waals surface area contributed by atoms with Crippen LogP contribution in [0.2, 0.25) is 31.2 Å². The molecule has 82 valence electrons. The molecule has 0 radical (unpaired) electrons. The van der Waals surface area contributed by atoms with Gasteiger partial charge >= 0.3 is 0 Å². The Hall–Kier alpha value is 0.394. The van der Waals surface area contributed by atoms with E-state index >= 15 is 0 Å². The third-order valence-corrected chi connectivity index (χ3v) is 12.1. The first kappa shape index (κ1) is 10.9. The minimum Gasteiger partial charge on any atom is -0.458 e. The van der Waals surface area contributed by atoms with Crippen LogP contribution in [0, 0.1) is 5.92 Å². The van der Waals surface area contributed by atoms with Gasteiger partial charge in [0, 0.05) is 0 Å². The van der Waals surface area contributed by atoms with Crippen molar-refractivity contribution < 1.29 is 4.12 Å². The highest BCUT2D eigenvalue weighted by atomic mass is 28.4. The van der Waals surface area contributed by atoms with Crippen molar-refractivity contribution in [3.05, 3.63) is 0 Å². The van der Waals surface area contributed by atoms with Gasteiger partial charge in [-0.05, 0) is 56.4 Å². The molecule has 0 N–H and O–H groups in total. The van der Waals surface area contributed by atoms with Gasteiger partial charge < -0.3 is 4.12 Å².